The van der Waals surface area contributed by atoms with Gasteiger partial charge in [0.25, 0.3) is 0 Å². The second kappa shape index (κ2) is 26.1. The number of carbonyl (C=O) groups is 1. The molecule has 0 amide bonds. The summed E-state index contributed by atoms with van der Waals surface area (Å²) < 4.78 is 0. The molecule has 0 radical (unpaired) electrons. The molecule has 0 aliphatic rings. The Morgan fingerprint density at radius 3 is 1.86 bits per heavy atom. The predicted octanol–water partition coefficient (Wildman–Crippen LogP) is 1.23. The number of carboxylic acids is 1. The molecule has 0 aliphatic carbocycles. The third-order valence-electron chi connectivity index (χ3n) is 2.75. The molecule has 0 aromatic rings. The molecule has 6 nitrogen and oxygen atoms in total. The van der Waals surface area contributed by atoms with Crippen molar-refractivity contribution in [2.45, 2.75) is 32.1 Å². The molecular weight excluding hydrogens is 351 g/mol. The highest BCUT2D eigenvalue weighted by Gasteiger charge is 1.95. The van der Waals surface area contributed by atoms with Gasteiger partial charge in [-0.2, -0.15) is 0 Å². The first-order chi connectivity index (χ1) is 9.27. The number of halogens is 3. The first kappa shape index (κ1) is 30.1. The highest BCUT2D eigenvalue weighted by Crippen LogP contribution is 1.91. The van der Waals surface area contributed by atoms with E-state index in [2.05, 4.69) is 21.3 Å². The summed E-state index contributed by atoms with van der Waals surface area (Å²) in [6, 6.07) is 0. The molecule has 5 N–H and O–H groups in total. The second-order valence-corrected chi connectivity index (χ2v) is 4.59. The van der Waals surface area contributed by atoms with Crippen LogP contribution in [0.4, 0.5) is 0 Å². The van der Waals surface area contributed by atoms with Gasteiger partial charge in [0.15, 0.2) is 0 Å². The molecule has 138 valence electrons. The Morgan fingerprint density at radius 2 is 1.32 bits per heavy atom. The van der Waals surface area contributed by atoms with E-state index in [0.29, 0.717) is 6.42 Å². The van der Waals surface area contributed by atoms with Gasteiger partial charge in [0.1, 0.15) is 0 Å². The predicted molar refractivity (Wildman–Crippen MR) is 100 cm³/mol. The van der Waals surface area contributed by atoms with Crippen LogP contribution in [0.15, 0.2) is 0 Å². The van der Waals surface area contributed by atoms with Gasteiger partial charge < -0.3 is 26.4 Å². The summed E-state index contributed by atoms with van der Waals surface area (Å²) in [6.07, 6.45) is 4.57. The summed E-state index contributed by atoms with van der Waals surface area (Å²) in [7, 11) is 1.96. The summed E-state index contributed by atoms with van der Waals surface area (Å²) in [5.41, 5.74) is 0. The minimum absolute atomic E-state index is 0. The monoisotopic (exact) mass is 382 g/mol. The lowest BCUT2D eigenvalue weighted by atomic mass is 10.2. The Morgan fingerprint density at radius 1 is 0.773 bits per heavy atom. The quantitative estimate of drug-likeness (QED) is 0.216. The van der Waals surface area contributed by atoms with E-state index in [-0.39, 0.29) is 43.6 Å². The van der Waals surface area contributed by atoms with Gasteiger partial charge in [-0.3, -0.25) is 4.79 Å². The van der Waals surface area contributed by atoms with E-state index in [0.717, 1.165) is 39.4 Å². The maximum Gasteiger partial charge on any atom is 0.303 e. The molecule has 0 saturated heterocycles. The van der Waals surface area contributed by atoms with E-state index < -0.39 is 5.97 Å². The highest BCUT2D eigenvalue weighted by molar-refractivity contribution is 5.86. The molecule has 0 fully saturated rings. The largest absolute Gasteiger partial charge is 0.481 e. The molecule has 0 heterocycles. The van der Waals surface area contributed by atoms with Crippen molar-refractivity contribution in [2.24, 2.45) is 0 Å². The maximum absolute atomic E-state index is 10.3. The molecule has 0 unspecified atom stereocenters. The van der Waals surface area contributed by atoms with Gasteiger partial charge >= 0.3 is 5.97 Å². The fourth-order valence-corrected chi connectivity index (χ4v) is 1.64. The van der Waals surface area contributed by atoms with Crippen LogP contribution in [0.25, 0.3) is 0 Å². The van der Waals surface area contributed by atoms with Crippen molar-refractivity contribution in [1.29, 1.82) is 0 Å². The number of carboxylic acid groups (broad SMARTS) is 1. The molecule has 0 aromatic carbocycles. The van der Waals surface area contributed by atoms with Crippen molar-refractivity contribution in [3.05, 3.63) is 0 Å². The van der Waals surface area contributed by atoms with Crippen molar-refractivity contribution >= 4 is 43.2 Å². The van der Waals surface area contributed by atoms with Crippen LogP contribution in [-0.2, 0) is 4.79 Å². The van der Waals surface area contributed by atoms with E-state index in [1.165, 1.54) is 19.3 Å². The van der Waals surface area contributed by atoms with E-state index in [9.17, 15) is 4.79 Å². The van der Waals surface area contributed by atoms with Crippen LogP contribution in [0.3, 0.4) is 0 Å². The summed E-state index contributed by atoms with van der Waals surface area (Å²) in [5.74, 6) is -0.724. The molecule has 0 aliphatic heterocycles. The lowest BCUT2D eigenvalue weighted by molar-refractivity contribution is -0.137. The number of likely N-dealkylation sites (N-methyl/N-ethyl adjacent to an activating group) is 1. The molecule has 0 saturated carbocycles. The molecular formula is C13H33Cl3N4O2. The van der Waals surface area contributed by atoms with Crippen molar-refractivity contribution in [2.75, 3.05) is 46.4 Å². The molecule has 0 atom stereocenters. The van der Waals surface area contributed by atoms with E-state index in [4.69, 9.17) is 5.11 Å². The van der Waals surface area contributed by atoms with Crippen LogP contribution in [0.5, 0.6) is 0 Å². The topological polar surface area (TPSA) is 85.4 Å². The van der Waals surface area contributed by atoms with Crippen molar-refractivity contribution in [1.82, 2.24) is 21.3 Å². The van der Waals surface area contributed by atoms with Gasteiger partial charge in [0, 0.05) is 26.2 Å². The Kier molecular flexibility index (Phi) is 35.7. The van der Waals surface area contributed by atoms with Crippen LogP contribution in [0, 0.1) is 0 Å². The minimum atomic E-state index is -0.724. The Bertz CT molecular complexity index is 216. The summed E-state index contributed by atoms with van der Waals surface area (Å²) >= 11 is 0. The summed E-state index contributed by atoms with van der Waals surface area (Å²) in [5, 5.41) is 21.4. The number of hydrogen-bond acceptors (Lipinski definition) is 5. The molecule has 22 heavy (non-hydrogen) atoms. The first-order valence-electron chi connectivity index (χ1n) is 7.26. The smallest absolute Gasteiger partial charge is 0.303 e. The van der Waals surface area contributed by atoms with Gasteiger partial charge in [0.2, 0.25) is 0 Å². The zero-order valence-electron chi connectivity index (χ0n) is 13.4. The third-order valence-corrected chi connectivity index (χ3v) is 2.75. The van der Waals surface area contributed by atoms with Crippen LogP contribution in [-0.4, -0.2) is 57.5 Å². The second-order valence-electron chi connectivity index (χ2n) is 4.59. The zero-order valence-corrected chi connectivity index (χ0v) is 15.8. The molecule has 0 rings (SSSR count). The van der Waals surface area contributed by atoms with Gasteiger partial charge in [-0.05, 0) is 45.9 Å². The molecule has 0 bridgehead atoms. The summed E-state index contributed by atoms with van der Waals surface area (Å²) in [4.78, 5) is 10.3. The van der Waals surface area contributed by atoms with Gasteiger partial charge in [-0.15, -0.1) is 37.2 Å². The fourth-order valence-electron chi connectivity index (χ4n) is 1.64. The number of hydrogen-bond donors (Lipinski definition) is 5. The lowest BCUT2D eigenvalue weighted by Crippen LogP contribution is -2.30. The van der Waals surface area contributed by atoms with E-state index in [1.807, 2.05) is 7.05 Å². The van der Waals surface area contributed by atoms with Crippen molar-refractivity contribution in [3.63, 3.8) is 0 Å². The third kappa shape index (κ3) is 28.4. The van der Waals surface area contributed by atoms with E-state index in [1.54, 1.807) is 0 Å². The van der Waals surface area contributed by atoms with Crippen molar-refractivity contribution in [3.8, 4) is 0 Å². The number of aliphatic carboxylic acids is 1. The number of rotatable bonds is 15. The van der Waals surface area contributed by atoms with Crippen LogP contribution >= 0.6 is 37.2 Å². The normalized spacial score (nSPS) is 9.32. The number of nitrogens with one attached hydrogen (secondary N) is 4. The highest BCUT2D eigenvalue weighted by atomic mass is 35.5. The number of unbranched alkanes of at least 4 members (excludes halogenated alkanes) is 2. The first-order valence-corrected chi connectivity index (χ1v) is 7.26. The van der Waals surface area contributed by atoms with Gasteiger partial charge in [0.05, 0.1) is 0 Å². The average molecular weight is 384 g/mol. The van der Waals surface area contributed by atoms with Crippen LogP contribution in [0.2, 0.25) is 0 Å². The maximum atomic E-state index is 10.3. The Labute approximate surface area is 153 Å². The molecule has 0 aromatic heterocycles. The standard InChI is InChI=1S/C13H30N4O2.3ClH/c1-14-10-11-15-7-3-2-4-8-16-12-17-9-5-6-13(18)19;;;/h14-17H,2-12H2,1H3,(H,18,19);3*1H. The summed E-state index contributed by atoms with van der Waals surface area (Å²) in [6.45, 7) is 5.69. The van der Waals surface area contributed by atoms with Crippen LogP contribution in [0.1, 0.15) is 32.1 Å². The Balaban J connectivity index is -0.000000540. The SMILES string of the molecule is CNCCNCCCCCNCNCCCC(=O)O.Cl.Cl.Cl. The fraction of sp³-hybridized carbons (Fsp3) is 0.923. The average Bonchev–Trinajstić information content (AvgIpc) is 2.39. The molecule has 9 heteroatoms. The van der Waals surface area contributed by atoms with E-state index >= 15 is 0 Å². The van der Waals surface area contributed by atoms with Gasteiger partial charge in [-0.25, -0.2) is 0 Å². The Hall–Kier alpha value is 0.180. The van der Waals surface area contributed by atoms with Crippen LogP contribution < -0.4 is 21.3 Å². The van der Waals surface area contributed by atoms with Gasteiger partial charge in [-0.1, -0.05) is 6.42 Å². The zero-order chi connectivity index (χ0) is 14.2. The lowest BCUT2D eigenvalue weighted by Gasteiger charge is -2.07. The minimum Gasteiger partial charge on any atom is -0.481 e. The van der Waals surface area contributed by atoms with Crippen molar-refractivity contribution < 1.29 is 9.90 Å². The molecule has 0 spiro atoms.